The maximum absolute atomic E-state index is 5.85. The molecule has 3 heterocycles. The van der Waals surface area contributed by atoms with Crippen LogP contribution in [0.1, 0.15) is 11.5 Å². The highest BCUT2D eigenvalue weighted by molar-refractivity contribution is 6.29. The molecule has 2 aromatic heterocycles. The molecule has 3 aromatic rings. The van der Waals surface area contributed by atoms with Crippen LogP contribution in [0.3, 0.4) is 0 Å². The van der Waals surface area contributed by atoms with Crippen molar-refractivity contribution in [2.45, 2.75) is 13.1 Å². The van der Waals surface area contributed by atoms with Gasteiger partial charge in [0.25, 0.3) is 0 Å². The van der Waals surface area contributed by atoms with Crippen molar-refractivity contribution in [3.05, 3.63) is 59.2 Å². The Balaban J connectivity index is 1.29. The number of methoxy groups -OCH3 is 1. The zero-order chi connectivity index (χ0) is 19.3. The van der Waals surface area contributed by atoms with Crippen molar-refractivity contribution in [2.24, 2.45) is 0 Å². The molecule has 1 saturated heterocycles. The number of hydrogen-bond acceptors (Lipinski definition) is 7. The number of halogens is 1. The topological polar surface area (TPSA) is 67.5 Å². The standard InChI is InChI=1S/C20H22ClN5O2/c1-27-17-5-3-16(4-6-17)20-23-19(28-24-20)14-26-10-8-25(9-11-26)13-15-2-7-18(21)22-12-15/h2-7,12H,8-11,13-14H2,1H3. The molecule has 0 aliphatic carbocycles. The highest BCUT2D eigenvalue weighted by Gasteiger charge is 2.19. The second kappa shape index (κ2) is 8.68. The molecular weight excluding hydrogens is 378 g/mol. The Kier molecular flexibility index (Phi) is 5.85. The van der Waals surface area contributed by atoms with Gasteiger partial charge in [0.2, 0.25) is 11.7 Å². The van der Waals surface area contributed by atoms with Crippen molar-refractivity contribution < 1.29 is 9.26 Å². The number of nitrogens with zero attached hydrogens (tertiary/aromatic N) is 5. The van der Waals surface area contributed by atoms with Gasteiger partial charge in [-0.3, -0.25) is 9.80 Å². The van der Waals surface area contributed by atoms with E-state index in [9.17, 15) is 0 Å². The lowest BCUT2D eigenvalue weighted by molar-refractivity contribution is 0.112. The molecule has 0 atom stereocenters. The van der Waals surface area contributed by atoms with E-state index in [0.29, 0.717) is 23.4 Å². The van der Waals surface area contributed by atoms with Crippen molar-refractivity contribution >= 4 is 11.6 Å². The molecule has 7 nitrogen and oxygen atoms in total. The minimum absolute atomic E-state index is 0.530. The maximum Gasteiger partial charge on any atom is 0.241 e. The average Bonchev–Trinajstić information content (AvgIpc) is 3.20. The van der Waals surface area contributed by atoms with Crippen molar-refractivity contribution in [3.8, 4) is 17.1 Å². The summed E-state index contributed by atoms with van der Waals surface area (Å²) in [7, 11) is 1.65. The van der Waals surface area contributed by atoms with Crippen LogP contribution in [-0.4, -0.2) is 58.2 Å². The molecule has 0 N–H and O–H groups in total. The summed E-state index contributed by atoms with van der Waals surface area (Å²) in [6, 6.07) is 11.5. The number of piperazine rings is 1. The zero-order valence-corrected chi connectivity index (χ0v) is 16.5. The van der Waals surface area contributed by atoms with Crippen LogP contribution in [0.4, 0.5) is 0 Å². The van der Waals surface area contributed by atoms with E-state index in [4.69, 9.17) is 20.9 Å². The first-order valence-electron chi connectivity index (χ1n) is 9.22. The first kappa shape index (κ1) is 18.9. The Morgan fingerprint density at radius 3 is 2.36 bits per heavy atom. The summed E-state index contributed by atoms with van der Waals surface area (Å²) < 4.78 is 10.6. The minimum Gasteiger partial charge on any atom is -0.497 e. The summed E-state index contributed by atoms with van der Waals surface area (Å²) >= 11 is 5.85. The molecule has 0 amide bonds. The smallest absolute Gasteiger partial charge is 0.241 e. The molecule has 146 valence electrons. The Bertz CT molecular complexity index is 890. The number of pyridine rings is 1. The third-order valence-electron chi connectivity index (χ3n) is 4.83. The second-order valence-corrected chi connectivity index (χ2v) is 7.17. The lowest BCUT2D eigenvalue weighted by Gasteiger charge is -2.33. The first-order chi connectivity index (χ1) is 13.7. The summed E-state index contributed by atoms with van der Waals surface area (Å²) in [4.78, 5) is 13.4. The van der Waals surface area contributed by atoms with Crippen LogP contribution in [0.2, 0.25) is 5.15 Å². The molecule has 8 heteroatoms. The molecule has 1 aromatic carbocycles. The van der Waals surface area contributed by atoms with Crippen molar-refractivity contribution in [3.63, 3.8) is 0 Å². The fourth-order valence-corrected chi connectivity index (χ4v) is 3.34. The Morgan fingerprint density at radius 2 is 1.71 bits per heavy atom. The molecule has 1 fully saturated rings. The molecule has 28 heavy (non-hydrogen) atoms. The Labute approximate surface area is 168 Å². The van der Waals surface area contributed by atoms with E-state index in [1.165, 1.54) is 5.56 Å². The van der Waals surface area contributed by atoms with Gasteiger partial charge in [-0.15, -0.1) is 0 Å². The third-order valence-corrected chi connectivity index (χ3v) is 5.06. The van der Waals surface area contributed by atoms with Gasteiger partial charge < -0.3 is 9.26 Å². The van der Waals surface area contributed by atoms with Gasteiger partial charge in [-0.2, -0.15) is 4.98 Å². The van der Waals surface area contributed by atoms with Gasteiger partial charge >= 0.3 is 0 Å². The largest absolute Gasteiger partial charge is 0.497 e. The van der Waals surface area contributed by atoms with E-state index < -0.39 is 0 Å². The number of ether oxygens (including phenoxy) is 1. The maximum atomic E-state index is 5.85. The monoisotopic (exact) mass is 399 g/mol. The fraction of sp³-hybridized carbons (Fsp3) is 0.350. The lowest BCUT2D eigenvalue weighted by atomic mass is 10.2. The molecular formula is C20H22ClN5O2. The van der Waals surface area contributed by atoms with Gasteiger partial charge in [-0.05, 0) is 35.9 Å². The number of rotatable bonds is 6. The summed E-state index contributed by atoms with van der Waals surface area (Å²) in [5.74, 6) is 2.05. The Hall–Kier alpha value is -2.48. The van der Waals surface area contributed by atoms with Crippen LogP contribution >= 0.6 is 11.6 Å². The highest BCUT2D eigenvalue weighted by Crippen LogP contribution is 2.20. The van der Waals surface area contributed by atoms with E-state index >= 15 is 0 Å². The van der Waals surface area contributed by atoms with Gasteiger partial charge in [0, 0.05) is 44.5 Å². The molecule has 0 saturated carbocycles. The van der Waals surface area contributed by atoms with E-state index in [0.717, 1.165) is 44.0 Å². The zero-order valence-electron chi connectivity index (χ0n) is 15.7. The number of aromatic nitrogens is 3. The fourth-order valence-electron chi connectivity index (χ4n) is 3.23. The first-order valence-corrected chi connectivity index (χ1v) is 9.59. The van der Waals surface area contributed by atoms with Crippen LogP contribution in [-0.2, 0) is 13.1 Å². The van der Waals surface area contributed by atoms with E-state index in [2.05, 4.69) is 24.9 Å². The van der Waals surface area contributed by atoms with E-state index in [1.54, 1.807) is 7.11 Å². The van der Waals surface area contributed by atoms with Crippen LogP contribution in [0.5, 0.6) is 5.75 Å². The lowest BCUT2D eigenvalue weighted by Crippen LogP contribution is -2.45. The van der Waals surface area contributed by atoms with Crippen LogP contribution < -0.4 is 4.74 Å². The van der Waals surface area contributed by atoms with Crippen LogP contribution in [0, 0.1) is 0 Å². The van der Waals surface area contributed by atoms with Crippen LogP contribution in [0.25, 0.3) is 11.4 Å². The van der Waals surface area contributed by atoms with Crippen molar-refractivity contribution in [1.82, 2.24) is 24.9 Å². The summed E-state index contributed by atoms with van der Waals surface area (Å²) in [6.07, 6.45) is 1.84. The van der Waals surface area contributed by atoms with Gasteiger partial charge in [0.1, 0.15) is 10.9 Å². The second-order valence-electron chi connectivity index (χ2n) is 6.78. The average molecular weight is 400 g/mol. The molecule has 4 rings (SSSR count). The molecule has 0 bridgehead atoms. The molecule has 0 radical (unpaired) electrons. The van der Waals surface area contributed by atoms with Gasteiger partial charge in [-0.1, -0.05) is 22.8 Å². The normalized spacial score (nSPS) is 15.6. The molecule has 1 aliphatic rings. The molecule has 0 unspecified atom stereocenters. The van der Waals surface area contributed by atoms with Gasteiger partial charge in [0.15, 0.2) is 0 Å². The quantitative estimate of drug-likeness (QED) is 0.590. The minimum atomic E-state index is 0.530. The number of hydrogen-bond donors (Lipinski definition) is 0. The highest BCUT2D eigenvalue weighted by atomic mass is 35.5. The SMILES string of the molecule is COc1ccc(-c2noc(CN3CCN(Cc4ccc(Cl)nc4)CC3)n2)cc1. The van der Waals surface area contributed by atoms with Crippen molar-refractivity contribution in [2.75, 3.05) is 33.3 Å². The molecule has 1 aliphatic heterocycles. The predicted octanol–water partition coefficient (Wildman–Crippen LogP) is 3.11. The summed E-state index contributed by atoms with van der Waals surface area (Å²) in [5.41, 5.74) is 2.09. The van der Waals surface area contributed by atoms with Gasteiger partial charge in [-0.25, -0.2) is 4.98 Å². The Morgan fingerprint density at radius 1 is 1.00 bits per heavy atom. The summed E-state index contributed by atoms with van der Waals surface area (Å²) in [5, 5.41) is 4.63. The summed E-state index contributed by atoms with van der Waals surface area (Å²) in [6.45, 7) is 5.45. The van der Waals surface area contributed by atoms with E-state index in [-0.39, 0.29) is 0 Å². The van der Waals surface area contributed by atoms with Gasteiger partial charge in [0.05, 0.1) is 13.7 Å². The molecule has 0 spiro atoms. The van der Waals surface area contributed by atoms with E-state index in [1.807, 2.05) is 42.6 Å². The predicted molar refractivity (Wildman–Crippen MR) is 106 cm³/mol. The third kappa shape index (κ3) is 4.67. The van der Waals surface area contributed by atoms with Crippen LogP contribution in [0.15, 0.2) is 47.1 Å². The number of benzene rings is 1. The van der Waals surface area contributed by atoms with Crippen molar-refractivity contribution in [1.29, 1.82) is 0 Å².